The zero-order chi connectivity index (χ0) is 22.0. The highest BCUT2D eigenvalue weighted by Crippen LogP contribution is 2.53. The van der Waals surface area contributed by atoms with E-state index in [0.717, 1.165) is 28.7 Å². The average Bonchev–Trinajstić information content (AvgIpc) is 3.19. The molecule has 164 valence electrons. The molecule has 2 aromatic heterocycles. The fourth-order valence-corrected chi connectivity index (χ4v) is 3.69. The average molecular weight is 431 g/mol. The van der Waals surface area contributed by atoms with Gasteiger partial charge >= 0.3 is 0 Å². The zero-order valence-electron chi connectivity index (χ0n) is 17.3. The van der Waals surface area contributed by atoms with Crippen LogP contribution in [0.2, 0.25) is 0 Å². The minimum atomic E-state index is -2.81. The Labute approximate surface area is 177 Å². The van der Waals surface area contributed by atoms with Crippen LogP contribution >= 0.6 is 0 Å². The molecule has 0 atom stereocenters. The maximum absolute atomic E-state index is 13.5. The summed E-state index contributed by atoms with van der Waals surface area (Å²) in [5.74, 6) is 0.119. The molecule has 1 aliphatic carbocycles. The number of carbonyl (C=O) groups excluding carboxylic acids is 1. The third-order valence-corrected chi connectivity index (χ3v) is 5.44. The van der Waals surface area contributed by atoms with Crippen LogP contribution in [0.25, 0.3) is 11.6 Å². The largest absolute Gasteiger partial charge is 0.383 e. The lowest BCUT2D eigenvalue weighted by Gasteiger charge is -2.13. The van der Waals surface area contributed by atoms with Crippen molar-refractivity contribution < 1.29 is 22.8 Å². The number of hydrogen-bond acceptors (Lipinski definition) is 6. The van der Waals surface area contributed by atoms with E-state index >= 15 is 0 Å². The van der Waals surface area contributed by atoms with E-state index < -0.39 is 18.0 Å². The zero-order valence-corrected chi connectivity index (χ0v) is 17.3. The van der Waals surface area contributed by atoms with Crippen LogP contribution in [0.5, 0.6) is 0 Å². The van der Waals surface area contributed by atoms with Crippen LogP contribution in [-0.2, 0) is 21.5 Å². The molecule has 0 spiro atoms. The van der Waals surface area contributed by atoms with E-state index in [9.17, 15) is 13.6 Å². The number of ether oxygens (including phenoxy) is 1. The highest BCUT2D eigenvalue weighted by Gasteiger charge is 2.50. The standard InChI is InChI=1S/C21H23F2N5O3/c1-13-5-3-4-6-14(13)21(7-8-21)20-25-19(31-27-20)15-11-16(18(22)23)28(26-15)12-17(29)24-9-10-30-2/h3-6,11,18H,7-10,12H2,1-2H3,(H,24,29). The number of hydrogen-bond donors (Lipinski definition) is 1. The lowest BCUT2D eigenvalue weighted by atomic mass is 9.91. The van der Waals surface area contributed by atoms with E-state index in [1.54, 1.807) is 0 Å². The molecule has 10 heteroatoms. The number of aryl methyl sites for hydroxylation is 1. The smallest absolute Gasteiger partial charge is 0.280 e. The van der Waals surface area contributed by atoms with Crippen LogP contribution in [0.3, 0.4) is 0 Å². The van der Waals surface area contributed by atoms with Gasteiger partial charge in [0.1, 0.15) is 12.2 Å². The van der Waals surface area contributed by atoms with E-state index in [1.807, 2.05) is 31.2 Å². The molecule has 4 rings (SSSR count). The van der Waals surface area contributed by atoms with Gasteiger partial charge in [0, 0.05) is 13.7 Å². The second-order valence-electron chi connectivity index (χ2n) is 7.58. The molecule has 2 heterocycles. The van der Waals surface area contributed by atoms with Crippen molar-refractivity contribution in [3.05, 3.63) is 53.0 Å². The predicted molar refractivity (Wildman–Crippen MR) is 107 cm³/mol. The molecule has 1 fully saturated rings. The Kier molecular flexibility index (Phi) is 5.81. The molecule has 0 aliphatic heterocycles. The Balaban J connectivity index is 1.58. The number of amides is 1. The van der Waals surface area contributed by atoms with Crippen molar-refractivity contribution in [1.82, 2.24) is 25.2 Å². The van der Waals surface area contributed by atoms with Crippen molar-refractivity contribution >= 4 is 5.91 Å². The second-order valence-corrected chi connectivity index (χ2v) is 7.58. The third-order valence-electron chi connectivity index (χ3n) is 5.44. The van der Waals surface area contributed by atoms with Crippen LogP contribution in [0.1, 0.15) is 41.9 Å². The first-order valence-corrected chi connectivity index (χ1v) is 9.97. The molecule has 1 amide bonds. The van der Waals surface area contributed by atoms with Crippen LogP contribution < -0.4 is 5.32 Å². The minimum Gasteiger partial charge on any atom is -0.383 e. The predicted octanol–water partition coefficient (Wildman–Crippen LogP) is 3.02. The molecule has 1 aliphatic rings. The molecule has 0 saturated heterocycles. The number of benzene rings is 1. The van der Waals surface area contributed by atoms with E-state index in [1.165, 1.54) is 13.2 Å². The number of rotatable bonds is 9. The van der Waals surface area contributed by atoms with Crippen LogP contribution in [0.4, 0.5) is 8.78 Å². The fraction of sp³-hybridized carbons (Fsp3) is 0.429. The van der Waals surface area contributed by atoms with Gasteiger partial charge in [-0.15, -0.1) is 0 Å². The first-order chi connectivity index (χ1) is 14.9. The van der Waals surface area contributed by atoms with E-state index in [0.29, 0.717) is 12.4 Å². The Morgan fingerprint density at radius 1 is 1.35 bits per heavy atom. The van der Waals surface area contributed by atoms with Crippen molar-refractivity contribution in [3.8, 4) is 11.6 Å². The van der Waals surface area contributed by atoms with Gasteiger partial charge in [-0.2, -0.15) is 10.1 Å². The summed E-state index contributed by atoms with van der Waals surface area (Å²) in [5.41, 5.74) is 1.67. The van der Waals surface area contributed by atoms with E-state index in [2.05, 4.69) is 20.6 Å². The van der Waals surface area contributed by atoms with Gasteiger partial charge in [0.2, 0.25) is 5.91 Å². The number of methoxy groups -OCH3 is 1. The summed E-state index contributed by atoms with van der Waals surface area (Å²) in [7, 11) is 1.50. The summed E-state index contributed by atoms with van der Waals surface area (Å²) in [6.07, 6.45) is -1.04. The van der Waals surface area contributed by atoms with Crippen molar-refractivity contribution in [2.45, 2.75) is 38.2 Å². The van der Waals surface area contributed by atoms with Gasteiger partial charge in [-0.3, -0.25) is 9.48 Å². The molecule has 1 aromatic carbocycles. The first-order valence-electron chi connectivity index (χ1n) is 9.97. The van der Waals surface area contributed by atoms with Crippen molar-refractivity contribution in [2.24, 2.45) is 0 Å². The Morgan fingerprint density at radius 2 is 2.13 bits per heavy atom. The molecule has 1 N–H and O–H groups in total. The maximum atomic E-state index is 13.5. The van der Waals surface area contributed by atoms with Crippen LogP contribution in [-0.4, -0.2) is 46.1 Å². The highest BCUT2D eigenvalue weighted by molar-refractivity contribution is 5.75. The van der Waals surface area contributed by atoms with E-state index in [-0.39, 0.29) is 30.1 Å². The Morgan fingerprint density at radius 3 is 2.81 bits per heavy atom. The molecule has 0 unspecified atom stereocenters. The molecule has 0 radical (unpaired) electrons. The van der Waals surface area contributed by atoms with Gasteiger partial charge in [-0.1, -0.05) is 29.4 Å². The molecular weight excluding hydrogens is 408 g/mol. The summed E-state index contributed by atoms with van der Waals surface area (Å²) in [5, 5.41) is 10.8. The maximum Gasteiger partial charge on any atom is 0.280 e. The van der Waals surface area contributed by atoms with Gasteiger partial charge in [-0.05, 0) is 37.0 Å². The van der Waals surface area contributed by atoms with Gasteiger partial charge in [0.25, 0.3) is 12.3 Å². The van der Waals surface area contributed by atoms with Gasteiger partial charge < -0.3 is 14.6 Å². The summed E-state index contributed by atoms with van der Waals surface area (Å²) in [6.45, 7) is 2.29. The Hall–Kier alpha value is -3.14. The number of alkyl halides is 2. The molecule has 3 aromatic rings. The minimum absolute atomic E-state index is 0.0512. The summed E-state index contributed by atoms with van der Waals surface area (Å²) in [4.78, 5) is 16.5. The quantitative estimate of drug-likeness (QED) is 0.524. The Bertz CT molecular complexity index is 1070. The van der Waals surface area contributed by atoms with Crippen molar-refractivity contribution in [3.63, 3.8) is 0 Å². The number of carbonyl (C=O) groups is 1. The highest BCUT2D eigenvalue weighted by atomic mass is 19.3. The summed E-state index contributed by atoms with van der Waals surface area (Å²) >= 11 is 0. The third kappa shape index (κ3) is 4.20. The van der Waals surface area contributed by atoms with Crippen LogP contribution in [0, 0.1) is 6.92 Å². The summed E-state index contributed by atoms with van der Waals surface area (Å²) in [6, 6.07) is 9.20. The molecule has 8 nitrogen and oxygen atoms in total. The molecule has 1 saturated carbocycles. The molecule has 31 heavy (non-hydrogen) atoms. The van der Waals surface area contributed by atoms with Gasteiger partial charge in [0.15, 0.2) is 11.5 Å². The first kappa shape index (κ1) is 21.1. The van der Waals surface area contributed by atoms with Gasteiger partial charge in [0.05, 0.1) is 12.0 Å². The van der Waals surface area contributed by atoms with Gasteiger partial charge in [-0.25, -0.2) is 8.78 Å². The second kappa shape index (κ2) is 8.54. The van der Waals surface area contributed by atoms with Crippen molar-refractivity contribution in [2.75, 3.05) is 20.3 Å². The SMILES string of the molecule is COCCNC(=O)Cn1nc(-c2nc(C3(c4ccccc4C)CC3)no2)cc1C(F)F. The number of halogens is 2. The molecular formula is C21H23F2N5O3. The topological polar surface area (TPSA) is 95.1 Å². The van der Waals surface area contributed by atoms with Crippen molar-refractivity contribution in [1.29, 1.82) is 0 Å². The number of nitrogens with zero attached hydrogens (tertiary/aromatic N) is 4. The van der Waals surface area contributed by atoms with E-state index in [4.69, 9.17) is 9.26 Å². The number of aromatic nitrogens is 4. The lowest BCUT2D eigenvalue weighted by molar-refractivity contribution is -0.122. The fourth-order valence-electron chi connectivity index (χ4n) is 3.69. The number of nitrogens with one attached hydrogen (secondary N) is 1. The van der Waals surface area contributed by atoms with Crippen LogP contribution in [0.15, 0.2) is 34.9 Å². The lowest BCUT2D eigenvalue weighted by Crippen LogP contribution is -2.31. The monoisotopic (exact) mass is 431 g/mol. The normalized spacial score (nSPS) is 14.7. The summed E-state index contributed by atoms with van der Waals surface area (Å²) < 4.78 is 38.2. The molecule has 0 bridgehead atoms.